The Hall–Kier alpha value is -2.96. The molecule has 0 fully saturated rings. The summed E-state index contributed by atoms with van der Waals surface area (Å²) in [6.45, 7) is 3.49. The van der Waals surface area contributed by atoms with Crippen molar-refractivity contribution in [2.24, 2.45) is 0 Å². The summed E-state index contributed by atoms with van der Waals surface area (Å²) in [5.74, 6) is -1.30. The van der Waals surface area contributed by atoms with Crippen LogP contribution in [0, 0.1) is 10.1 Å². The van der Waals surface area contributed by atoms with Crippen LogP contribution >= 0.6 is 0 Å². The van der Waals surface area contributed by atoms with Crippen LogP contribution < -0.4 is 5.56 Å². The minimum atomic E-state index is -1.30. The monoisotopic (exact) mass is 302 g/mol. The van der Waals surface area contributed by atoms with Gasteiger partial charge in [-0.15, -0.1) is 0 Å². The number of nitro groups is 1. The van der Waals surface area contributed by atoms with Crippen LogP contribution in [-0.2, 0) is 0 Å². The number of nitrogens with zero attached hydrogens (tertiary/aromatic N) is 2. The van der Waals surface area contributed by atoms with Crippen molar-refractivity contribution in [2.45, 2.75) is 19.9 Å². The largest absolute Gasteiger partial charge is 0.477 e. The maximum Gasteiger partial charge on any atom is 0.341 e. The zero-order valence-corrected chi connectivity index (χ0v) is 12.0. The number of aromatic nitrogens is 1. The number of aromatic carboxylic acids is 1. The zero-order chi connectivity index (χ0) is 16.4. The van der Waals surface area contributed by atoms with Crippen LogP contribution in [0.25, 0.3) is 11.3 Å². The van der Waals surface area contributed by atoms with Crippen LogP contribution in [-0.4, -0.2) is 20.6 Å². The molecule has 0 spiro atoms. The fourth-order valence-corrected chi connectivity index (χ4v) is 2.24. The van der Waals surface area contributed by atoms with Crippen molar-refractivity contribution in [2.75, 3.05) is 0 Å². The van der Waals surface area contributed by atoms with Gasteiger partial charge in [-0.2, -0.15) is 0 Å². The van der Waals surface area contributed by atoms with Crippen LogP contribution in [0.15, 0.2) is 41.2 Å². The molecule has 1 N–H and O–H groups in total. The van der Waals surface area contributed by atoms with Gasteiger partial charge in [0.2, 0.25) is 0 Å². The minimum Gasteiger partial charge on any atom is -0.477 e. The minimum absolute atomic E-state index is 0.0948. The predicted octanol–water partition coefficient (Wildman–Crippen LogP) is 2.70. The highest BCUT2D eigenvalue weighted by atomic mass is 16.6. The number of nitro benzene ring substituents is 1. The van der Waals surface area contributed by atoms with Gasteiger partial charge in [0, 0.05) is 23.7 Å². The normalized spacial score (nSPS) is 10.7. The van der Waals surface area contributed by atoms with Gasteiger partial charge >= 0.3 is 5.97 Å². The summed E-state index contributed by atoms with van der Waals surface area (Å²) in [5.41, 5.74) is -0.136. The Morgan fingerprint density at radius 1 is 1.27 bits per heavy atom. The lowest BCUT2D eigenvalue weighted by atomic mass is 10.1. The summed E-state index contributed by atoms with van der Waals surface area (Å²) < 4.78 is 1.32. The van der Waals surface area contributed by atoms with Crippen molar-refractivity contribution >= 4 is 11.7 Å². The van der Waals surface area contributed by atoms with Gasteiger partial charge in [-0.05, 0) is 26.0 Å². The number of carbonyl (C=O) groups is 1. The summed E-state index contributed by atoms with van der Waals surface area (Å²) in [5, 5.41) is 19.9. The van der Waals surface area contributed by atoms with E-state index in [2.05, 4.69) is 0 Å². The third-order valence-electron chi connectivity index (χ3n) is 3.22. The highest BCUT2D eigenvalue weighted by molar-refractivity contribution is 5.87. The smallest absolute Gasteiger partial charge is 0.341 e. The standard InChI is InChI=1S/C15H14N2O5/c1-9(2)16-13(7-6-12(14(16)18)15(19)20)10-4-3-5-11(8-10)17(21)22/h3-9H,1-2H3,(H,19,20). The molecule has 0 saturated heterocycles. The average Bonchev–Trinajstić information content (AvgIpc) is 2.46. The Labute approximate surface area is 125 Å². The summed E-state index contributed by atoms with van der Waals surface area (Å²) in [4.78, 5) is 33.8. The van der Waals surface area contributed by atoms with Gasteiger partial charge < -0.3 is 9.67 Å². The molecule has 2 rings (SSSR count). The summed E-state index contributed by atoms with van der Waals surface area (Å²) in [7, 11) is 0. The molecule has 0 radical (unpaired) electrons. The van der Waals surface area contributed by atoms with Gasteiger partial charge in [-0.3, -0.25) is 14.9 Å². The lowest BCUT2D eigenvalue weighted by molar-refractivity contribution is -0.384. The molecule has 0 aliphatic heterocycles. The maximum absolute atomic E-state index is 12.3. The van der Waals surface area contributed by atoms with E-state index in [4.69, 9.17) is 5.11 Å². The molecule has 0 bridgehead atoms. The van der Waals surface area contributed by atoms with Crippen LogP contribution in [0.2, 0.25) is 0 Å². The first-order chi connectivity index (χ1) is 10.3. The predicted molar refractivity (Wildman–Crippen MR) is 80.1 cm³/mol. The Balaban J connectivity index is 2.73. The van der Waals surface area contributed by atoms with E-state index in [0.717, 1.165) is 0 Å². The van der Waals surface area contributed by atoms with Gasteiger partial charge in [-0.1, -0.05) is 12.1 Å². The van der Waals surface area contributed by atoms with Gasteiger partial charge in [0.05, 0.1) is 10.6 Å². The molecule has 7 nitrogen and oxygen atoms in total. The van der Waals surface area contributed by atoms with Gasteiger partial charge in [0.15, 0.2) is 0 Å². The van der Waals surface area contributed by atoms with Crippen molar-refractivity contribution in [3.63, 3.8) is 0 Å². The average molecular weight is 302 g/mol. The molecule has 0 aliphatic carbocycles. The molecule has 1 aromatic heterocycles. The Morgan fingerprint density at radius 3 is 2.50 bits per heavy atom. The molecule has 22 heavy (non-hydrogen) atoms. The van der Waals surface area contributed by atoms with E-state index in [9.17, 15) is 19.7 Å². The summed E-state index contributed by atoms with van der Waals surface area (Å²) in [6, 6.07) is 8.29. The third kappa shape index (κ3) is 2.73. The van der Waals surface area contributed by atoms with E-state index >= 15 is 0 Å². The first kappa shape index (κ1) is 15.4. The Kier molecular flexibility index (Phi) is 4.07. The van der Waals surface area contributed by atoms with Crippen molar-refractivity contribution in [1.29, 1.82) is 0 Å². The molecule has 114 valence electrons. The third-order valence-corrected chi connectivity index (χ3v) is 3.22. The van der Waals surface area contributed by atoms with Crippen molar-refractivity contribution in [3.05, 3.63) is 62.4 Å². The molecule has 1 aromatic carbocycles. The van der Waals surface area contributed by atoms with Crippen molar-refractivity contribution in [3.8, 4) is 11.3 Å². The first-order valence-electron chi connectivity index (χ1n) is 6.56. The number of non-ortho nitro benzene ring substituents is 1. The fourth-order valence-electron chi connectivity index (χ4n) is 2.24. The first-order valence-corrected chi connectivity index (χ1v) is 6.56. The van der Waals surface area contributed by atoms with Gasteiger partial charge in [-0.25, -0.2) is 4.79 Å². The highest BCUT2D eigenvalue weighted by Gasteiger charge is 2.18. The number of rotatable bonds is 4. The topological polar surface area (TPSA) is 102 Å². The van der Waals surface area contributed by atoms with Gasteiger partial charge in [0.25, 0.3) is 11.2 Å². The number of hydrogen-bond acceptors (Lipinski definition) is 4. The summed E-state index contributed by atoms with van der Waals surface area (Å²) in [6.07, 6.45) is 0. The Bertz CT molecular complexity index is 808. The number of benzene rings is 1. The molecule has 7 heteroatoms. The number of carboxylic acid groups (broad SMARTS) is 1. The highest BCUT2D eigenvalue weighted by Crippen LogP contribution is 2.25. The van der Waals surface area contributed by atoms with Crippen LogP contribution in [0.4, 0.5) is 5.69 Å². The van der Waals surface area contributed by atoms with E-state index in [1.807, 2.05) is 0 Å². The second-order valence-corrected chi connectivity index (χ2v) is 5.01. The molecular formula is C15H14N2O5. The Morgan fingerprint density at radius 2 is 1.95 bits per heavy atom. The van der Waals surface area contributed by atoms with Gasteiger partial charge in [0.1, 0.15) is 5.56 Å². The summed E-state index contributed by atoms with van der Waals surface area (Å²) >= 11 is 0. The second-order valence-electron chi connectivity index (χ2n) is 5.01. The number of carboxylic acids is 1. The molecule has 0 atom stereocenters. The maximum atomic E-state index is 12.3. The van der Waals surface area contributed by atoms with E-state index < -0.39 is 16.5 Å². The number of pyridine rings is 1. The van der Waals surface area contributed by atoms with Crippen LogP contribution in [0.3, 0.4) is 0 Å². The number of hydrogen-bond donors (Lipinski definition) is 1. The molecule has 2 aromatic rings. The SMILES string of the molecule is CC(C)n1c(-c2cccc([N+](=O)[O-])c2)ccc(C(=O)O)c1=O. The molecule has 0 amide bonds. The van der Waals surface area contributed by atoms with E-state index in [1.54, 1.807) is 19.9 Å². The van der Waals surface area contributed by atoms with Crippen molar-refractivity contribution < 1.29 is 14.8 Å². The lowest BCUT2D eigenvalue weighted by Gasteiger charge is -2.17. The second kappa shape index (κ2) is 5.80. The van der Waals surface area contributed by atoms with E-state index in [-0.39, 0.29) is 17.3 Å². The molecule has 1 heterocycles. The van der Waals surface area contributed by atoms with E-state index in [1.165, 1.54) is 34.9 Å². The van der Waals surface area contributed by atoms with Crippen LogP contribution in [0.5, 0.6) is 0 Å². The lowest BCUT2D eigenvalue weighted by Crippen LogP contribution is -2.28. The van der Waals surface area contributed by atoms with Crippen molar-refractivity contribution in [1.82, 2.24) is 4.57 Å². The molecule has 0 aliphatic rings. The molecule has 0 saturated carbocycles. The fraction of sp³-hybridized carbons (Fsp3) is 0.200. The zero-order valence-electron chi connectivity index (χ0n) is 12.0. The molecule has 0 unspecified atom stereocenters. The van der Waals surface area contributed by atoms with Crippen LogP contribution in [0.1, 0.15) is 30.2 Å². The van der Waals surface area contributed by atoms with E-state index in [0.29, 0.717) is 11.3 Å². The molecular weight excluding hydrogens is 288 g/mol. The quantitative estimate of drug-likeness (QED) is 0.691.